The lowest BCUT2D eigenvalue weighted by Crippen LogP contribution is -2.32. The van der Waals surface area contributed by atoms with Gasteiger partial charge in [0.05, 0.1) is 19.2 Å². The fourth-order valence-electron chi connectivity index (χ4n) is 2.19. The quantitative estimate of drug-likeness (QED) is 0.519. The highest BCUT2D eigenvalue weighted by molar-refractivity contribution is 6.28. The first-order chi connectivity index (χ1) is 9.47. The van der Waals surface area contributed by atoms with Crippen LogP contribution in [0.15, 0.2) is 29.8 Å². The summed E-state index contributed by atoms with van der Waals surface area (Å²) in [7, 11) is 1.47. The van der Waals surface area contributed by atoms with Gasteiger partial charge in [0.2, 0.25) is 0 Å². The molecule has 0 aliphatic carbocycles. The van der Waals surface area contributed by atoms with Gasteiger partial charge >= 0.3 is 0 Å². The van der Waals surface area contributed by atoms with Crippen LogP contribution in [0.4, 0.5) is 0 Å². The maximum absolute atomic E-state index is 12.2. The van der Waals surface area contributed by atoms with Crippen LogP contribution in [-0.2, 0) is 9.59 Å². The van der Waals surface area contributed by atoms with Crippen molar-refractivity contribution >= 4 is 17.4 Å². The van der Waals surface area contributed by atoms with Gasteiger partial charge in [-0.3, -0.25) is 9.59 Å². The van der Waals surface area contributed by atoms with Gasteiger partial charge in [-0.15, -0.1) is 0 Å². The number of ether oxygens (including phenoxy) is 1. The first-order valence-electron chi connectivity index (χ1n) is 6.38. The van der Waals surface area contributed by atoms with E-state index < -0.39 is 5.91 Å². The van der Waals surface area contributed by atoms with Gasteiger partial charge in [-0.25, -0.2) is 0 Å². The van der Waals surface area contributed by atoms with E-state index >= 15 is 0 Å². The summed E-state index contributed by atoms with van der Waals surface area (Å²) in [5, 5.41) is 10.3. The highest BCUT2D eigenvalue weighted by Gasteiger charge is 2.38. The molecule has 1 aromatic carbocycles. The topological polar surface area (TPSA) is 66.8 Å². The minimum absolute atomic E-state index is 0.00500. The molecular weight excluding hydrogens is 258 g/mol. The van der Waals surface area contributed by atoms with Gasteiger partial charge in [0.25, 0.3) is 5.91 Å². The summed E-state index contributed by atoms with van der Waals surface area (Å²) in [4.78, 5) is 25.6. The monoisotopic (exact) mass is 275 g/mol. The second-order valence-electron chi connectivity index (χ2n) is 4.87. The number of amides is 1. The third kappa shape index (κ3) is 2.27. The van der Waals surface area contributed by atoms with Crippen molar-refractivity contribution in [2.75, 3.05) is 13.7 Å². The smallest absolute Gasteiger partial charge is 0.262 e. The van der Waals surface area contributed by atoms with E-state index in [0.717, 1.165) is 0 Å². The lowest BCUT2D eigenvalue weighted by atomic mass is 10.1. The molecular formula is C15H17NO4. The Morgan fingerprint density at radius 1 is 1.30 bits per heavy atom. The number of benzene rings is 1. The Labute approximate surface area is 117 Å². The van der Waals surface area contributed by atoms with Crippen LogP contribution in [-0.4, -0.2) is 41.4 Å². The molecule has 0 spiro atoms. The maximum atomic E-state index is 12.2. The zero-order valence-electron chi connectivity index (χ0n) is 11.7. The van der Waals surface area contributed by atoms with Crippen LogP contribution in [0.3, 0.4) is 0 Å². The molecule has 0 saturated carbocycles. The van der Waals surface area contributed by atoms with E-state index in [-0.39, 0.29) is 29.7 Å². The molecule has 5 heteroatoms. The molecule has 1 saturated heterocycles. The lowest BCUT2D eigenvalue weighted by Gasteiger charge is -2.18. The van der Waals surface area contributed by atoms with E-state index in [0.29, 0.717) is 11.3 Å². The number of para-hydroxylation sites is 1. The van der Waals surface area contributed by atoms with Crippen molar-refractivity contribution in [3.05, 3.63) is 35.4 Å². The van der Waals surface area contributed by atoms with Gasteiger partial charge in [0.1, 0.15) is 17.1 Å². The minimum Gasteiger partial charge on any atom is -0.506 e. The molecule has 5 nitrogen and oxygen atoms in total. The highest BCUT2D eigenvalue weighted by atomic mass is 16.5. The fraction of sp³-hybridized carbons (Fsp3) is 0.333. The Morgan fingerprint density at radius 2 is 1.95 bits per heavy atom. The molecule has 0 bridgehead atoms. The van der Waals surface area contributed by atoms with Crippen molar-refractivity contribution in [3.63, 3.8) is 0 Å². The summed E-state index contributed by atoms with van der Waals surface area (Å²) >= 11 is 0. The number of methoxy groups -OCH3 is 1. The number of ketones is 1. The van der Waals surface area contributed by atoms with Gasteiger partial charge in [-0.2, -0.15) is 0 Å². The average Bonchev–Trinajstić information content (AvgIpc) is 2.73. The predicted molar refractivity (Wildman–Crippen MR) is 74.4 cm³/mol. The van der Waals surface area contributed by atoms with Crippen LogP contribution in [0, 0.1) is 0 Å². The molecule has 106 valence electrons. The van der Waals surface area contributed by atoms with Crippen LogP contribution in [0.2, 0.25) is 0 Å². The van der Waals surface area contributed by atoms with Crippen molar-refractivity contribution in [3.8, 4) is 5.75 Å². The normalized spacial score (nSPS) is 17.9. The van der Waals surface area contributed by atoms with Crippen LogP contribution >= 0.6 is 0 Å². The summed E-state index contributed by atoms with van der Waals surface area (Å²) < 4.78 is 5.14. The number of rotatable bonds is 3. The van der Waals surface area contributed by atoms with Gasteiger partial charge < -0.3 is 14.7 Å². The number of likely N-dealkylation sites (tertiary alicyclic amines) is 1. The molecule has 0 atom stereocenters. The van der Waals surface area contributed by atoms with Crippen molar-refractivity contribution in [2.45, 2.75) is 19.9 Å². The lowest BCUT2D eigenvalue weighted by molar-refractivity contribution is -0.126. The Kier molecular flexibility index (Phi) is 3.79. The summed E-state index contributed by atoms with van der Waals surface area (Å²) in [6, 6.07) is 6.64. The van der Waals surface area contributed by atoms with Gasteiger partial charge in [0.15, 0.2) is 5.78 Å². The standard InChI is InChI=1S/C15H17NO4/c1-9(2)16-8-11(17)13(15(16)19)14(18)10-6-4-5-7-12(10)20-3/h4-7,9,18H,8H2,1-3H3. The second-order valence-corrected chi connectivity index (χ2v) is 4.87. The summed E-state index contributed by atoms with van der Waals surface area (Å²) in [5.41, 5.74) is 0.181. The molecule has 1 aromatic rings. The Bertz CT molecular complexity index is 589. The zero-order valence-corrected chi connectivity index (χ0v) is 11.7. The van der Waals surface area contributed by atoms with Gasteiger partial charge in [0, 0.05) is 6.04 Å². The Balaban J connectivity index is 2.52. The van der Waals surface area contributed by atoms with Crippen molar-refractivity contribution < 1.29 is 19.4 Å². The van der Waals surface area contributed by atoms with Crippen LogP contribution in [0.25, 0.3) is 5.76 Å². The van der Waals surface area contributed by atoms with Crippen LogP contribution < -0.4 is 4.74 Å². The largest absolute Gasteiger partial charge is 0.506 e. The van der Waals surface area contributed by atoms with Gasteiger partial charge in [-0.1, -0.05) is 12.1 Å². The third-order valence-electron chi connectivity index (χ3n) is 3.29. The van der Waals surface area contributed by atoms with E-state index in [1.54, 1.807) is 24.3 Å². The Morgan fingerprint density at radius 3 is 2.50 bits per heavy atom. The molecule has 1 fully saturated rings. The van der Waals surface area contributed by atoms with E-state index in [4.69, 9.17) is 4.74 Å². The number of nitrogens with zero attached hydrogens (tertiary/aromatic N) is 1. The number of carbonyl (C=O) groups excluding carboxylic acids is 2. The first-order valence-corrected chi connectivity index (χ1v) is 6.38. The number of aliphatic hydroxyl groups is 1. The fourth-order valence-corrected chi connectivity index (χ4v) is 2.19. The molecule has 0 radical (unpaired) electrons. The molecule has 1 heterocycles. The Hall–Kier alpha value is -2.30. The minimum atomic E-state index is -0.437. The molecule has 1 aliphatic heterocycles. The molecule has 20 heavy (non-hydrogen) atoms. The first kappa shape index (κ1) is 14.1. The highest BCUT2D eigenvalue weighted by Crippen LogP contribution is 2.29. The summed E-state index contributed by atoms with van der Waals surface area (Å²) in [6.45, 7) is 3.66. The number of carbonyl (C=O) groups is 2. The summed E-state index contributed by atoms with van der Waals surface area (Å²) in [6.07, 6.45) is 0. The van der Waals surface area contributed by atoms with Crippen molar-refractivity contribution in [1.29, 1.82) is 0 Å². The SMILES string of the molecule is COc1ccccc1C(O)=C1C(=O)CN(C(C)C)C1=O. The predicted octanol–water partition coefficient (Wildman–Crippen LogP) is 1.78. The van der Waals surface area contributed by atoms with E-state index in [2.05, 4.69) is 0 Å². The number of aliphatic hydroxyl groups excluding tert-OH is 1. The van der Waals surface area contributed by atoms with Crippen molar-refractivity contribution in [1.82, 2.24) is 4.90 Å². The van der Waals surface area contributed by atoms with Gasteiger partial charge in [-0.05, 0) is 26.0 Å². The molecule has 0 aromatic heterocycles. The van der Waals surface area contributed by atoms with Crippen LogP contribution in [0.1, 0.15) is 19.4 Å². The van der Waals surface area contributed by atoms with E-state index in [1.165, 1.54) is 12.0 Å². The molecule has 2 rings (SSSR count). The zero-order chi connectivity index (χ0) is 14.9. The third-order valence-corrected chi connectivity index (χ3v) is 3.29. The number of hydrogen-bond acceptors (Lipinski definition) is 4. The van der Waals surface area contributed by atoms with Crippen LogP contribution in [0.5, 0.6) is 5.75 Å². The molecule has 0 unspecified atom stereocenters. The number of Topliss-reactive ketones (excluding diaryl/α,β-unsaturated/α-hetero) is 1. The molecule has 1 N–H and O–H groups in total. The van der Waals surface area contributed by atoms with E-state index in [9.17, 15) is 14.7 Å². The summed E-state index contributed by atoms with van der Waals surface area (Å²) in [5.74, 6) is -0.706. The molecule has 1 amide bonds. The number of hydrogen-bond donors (Lipinski definition) is 1. The average molecular weight is 275 g/mol. The second kappa shape index (κ2) is 5.36. The van der Waals surface area contributed by atoms with Crippen molar-refractivity contribution in [2.24, 2.45) is 0 Å². The molecule has 1 aliphatic rings. The maximum Gasteiger partial charge on any atom is 0.262 e. The van der Waals surface area contributed by atoms with E-state index in [1.807, 2.05) is 13.8 Å².